The summed E-state index contributed by atoms with van der Waals surface area (Å²) in [6.45, 7) is 12.5. The summed E-state index contributed by atoms with van der Waals surface area (Å²) >= 11 is 0. The minimum absolute atomic E-state index is 0.211. The van der Waals surface area contributed by atoms with E-state index >= 15 is 0 Å². The fourth-order valence-corrected chi connectivity index (χ4v) is 2.82. The van der Waals surface area contributed by atoms with E-state index in [4.69, 9.17) is 9.47 Å². The fourth-order valence-electron chi connectivity index (χ4n) is 2.82. The molecule has 160 valence electrons. The largest absolute Gasteiger partial charge is 0.476 e. The van der Waals surface area contributed by atoms with Gasteiger partial charge in [-0.3, -0.25) is 4.79 Å². The molecule has 0 spiro atoms. The van der Waals surface area contributed by atoms with Crippen molar-refractivity contribution < 1.29 is 23.5 Å². The Morgan fingerprint density at radius 1 is 0.933 bits per heavy atom. The van der Waals surface area contributed by atoms with Crippen LogP contribution in [0.15, 0.2) is 42.5 Å². The maximum Gasteiger partial charge on any atom is 0.350 e. The van der Waals surface area contributed by atoms with Crippen molar-refractivity contribution in [3.05, 3.63) is 70.5 Å². The Balaban J connectivity index is 2.19. The number of hydrogen-bond donors (Lipinski definition) is 0. The molecule has 0 aliphatic heterocycles. The van der Waals surface area contributed by atoms with Crippen LogP contribution in [0.2, 0.25) is 0 Å². The van der Waals surface area contributed by atoms with Gasteiger partial charge in [-0.05, 0) is 108 Å². The molecule has 2 aromatic rings. The molecular formula is C25H29FO4. The van der Waals surface area contributed by atoms with E-state index in [0.717, 1.165) is 16.7 Å². The number of carbonyl (C=O) groups is 2. The summed E-state index contributed by atoms with van der Waals surface area (Å²) in [6.07, 6.45) is 3.15. The predicted octanol–water partition coefficient (Wildman–Crippen LogP) is 5.84. The zero-order valence-electron chi connectivity index (χ0n) is 18.6. The average molecular weight is 413 g/mol. The molecule has 5 heteroatoms. The van der Waals surface area contributed by atoms with Crippen LogP contribution >= 0.6 is 0 Å². The second-order valence-electron chi connectivity index (χ2n) is 8.80. The minimum atomic E-state index is -1.15. The van der Waals surface area contributed by atoms with Gasteiger partial charge in [-0.2, -0.15) is 0 Å². The molecule has 4 nitrogen and oxygen atoms in total. The summed E-state index contributed by atoms with van der Waals surface area (Å²) in [5.74, 6) is -0.432. The highest BCUT2D eigenvalue weighted by Gasteiger charge is 2.35. The second kappa shape index (κ2) is 8.82. The molecule has 0 saturated heterocycles. The quantitative estimate of drug-likeness (QED) is 0.340. The van der Waals surface area contributed by atoms with Crippen molar-refractivity contribution in [1.29, 1.82) is 0 Å². The van der Waals surface area contributed by atoms with Crippen LogP contribution in [0, 0.1) is 19.7 Å². The van der Waals surface area contributed by atoms with E-state index < -0.39 is 17.2 Å². The van der Waals surface area contributed by atoms with Crippen LogP contribution in [0.4, 0.5) is 4.39 Å². The van der Waals surface area contributed by atoms with Gasteiger partial charge in [-0.25, -0.2) is 9.18 Å². The van der Waals surface area contributed by atoms with Gasteiger partial charge in [0.15, 0.2) is 11.4 Å². The molecule has 2 aromatic carbocycles. The highest BCUT2D eigenvalue weighted by Crippen LogP contribution is 2.30. The lowest BCUT2D eigenvalue weighted by atomic mass is 10.0. The van der Waals surface area contributed by atoms with Crippen LogP contribution in [-0.4, -0.2) is 23.0 Å². The lowest BCUT2D eigenvalue weighted by molar-refractivity contribution is -0.171. The highest BCUT2D eigenvalue weighted by molar-refractivity contribution is 6.06. The molecule has 0 saturated carbocycles. The topological polar surface area (TPSA) is 52.6 Å². The Kier molecular flexibility index (Phi) is 6.86. The number of esters is 1. The first-order valence-corrected chi connectivity index (χ1v) is 9.80. The number of carbonyl (C=O) groups excluding carboxylic acids is 2. The number of allylic oxidation sites excluding steroid dienone is 1. The Hall–Kier alpha value is -2.95. The monoisotopic (exact) mass is 412 g/mol. The first-order chi connectivity index (χ1) is 13.8. The third-order valence-corrected chi connectivity index (χ3v) is 4.29. The van der Waals surface area contributed by atoms with Gasteiger partial charge in [0.25, 0.3) is 0 Å². The standard InChI is InChI=1S/C25H29FO4/c1-16-14-18(8-13-21(27)19-9-11-20(26)12-10-19)15-17(2)22(16)29-25(6,7)23(28)30-24(3,4)5/h8-15H,1-7H3. The SMILES string of the molecule is Cc1cc(C=CC(=O)c2ccc(F)cc2)cc(C)c1OC(C)(C)C(=O)OC(C)(C)C. The molecule has 0 aliphatic rings. The maximum absolute atomic E-state index is 13.0. The molecule has 0 aliphatic carbocycles. The smallest absolute Gasteiger partial charge is 0.350 e. The van der Waals surface area contributed by atoms with E-state index in [-0.39, 0.29) is 11.6 Å². The Bertz CT molecular complexity index is 941. The summed E-state index contributed by atoms with van der Waals surface area (Å²) in [5.41, 5.74) is 1.15. The predicted molar refractivity (Wildman–Crippen MR) is 116 cm³/mol. The summed E-state index contributed by atoms with van der Waals surface area (Å²) < 4.78 is 24.5. The number of benzene rings is 2. The fraction of sp³-hybridized carbons (Fsp3) is 0.360. The lowest BCUT2D eigenvalue weighted by Crippen LogP contribution is -2.43. The van der Waals surface area contributed by atoms with Gasteiger partial charge in [-0.1, -0.05) is 6.08 Å². The van der Waals surface area contributed by atoms with Gasteiger partial charge in [0, 0.05) is 5.56 Å². The van der Waals surface area contributed by atoms with Crippen molar-refractivity contribution in [2.45, 2.75) is 59.7 Å². The van der Waals surface area contributed by atoms with Crippen molar-refractivity contribution in [2.24, 2.45) is 0 Å². The molecule has 0 aromatic heterocycles. The molecule has 0 N–H and O–H groups in total. The molecule has 2 rings (SSSR count). The molecule has 0 heterocycles. The van der Waals surface area contributed by atoms with E-state index in [9.17, 15) is 14.0 Å². The summed E-state index contributed by atoms with van der Waals surface area (Å²) in [5, 5.41) is 0. The Labute approximate surface area is 177 Å². The second-order valence-corrected chi connectivity index (χ2v) is 8.80. The Morgan fingerprint density at radius 3 is 1.97 bits per heavy atom. The summed E-state index contributed by atoms with van der Waals surface area (Å²) in [7, 11) is 0. The molecule has 0 atom stereocenters. The van der Waals surface area contributed by atoms with E-state index in [1.807, 2.05) is 46.8 Å². The van der Waals surface area contributed by atoms with Crippen molar-refractivity contribution >= 4 is 17.8 Å². The average Bonchev–Trinajstić information content (AvgIpc) is 2.62. The number of ether oxygens (including phenoxy) is 2. The van der Waals surface area contributed by atoms with Crippen molar-refractivity contribution in [1.82, 2.24) is 0 Å². The molecule has 0 radical (unpaired) electrons. The highest BCUT2D eigenvalue weighted by atomic mass is 19.1. The van der Waals surface area contributed by atoms with Crippen molar-refractivity contribution in [2.75, 3.05) is 0 Å². The van der Waals surface area contributed by atoms with Crippen LogP contribution in [0.1, 0.15) is 61.7 Å². The zero-order chi connectivity index (χ0) is 22.7. The normalized spacial score (nSPS) is 12.1. The minimum Gasteiger partial charge on any atom is -0.476 e. The van der Waals surface area contributed by atoms with Crippen LogP contribution in [0.25, 0.3) is 6.08 Å². The van der Waals surface area contributed by atoms with Gasteiger partial charge < -0.3 is 9.47 Å². The van der Waals surface area contributed by atoms with Crippen molar-refractivity contribution in [3.8, 4) is 5.75 Å². The van der Waals surface area contributed by atoms with Crippen LogP contribution in [0.5, 0.6) is 5.75 Å². The third kappa shape index (κ3) is 6.28. The van der Waals surface area contributed by atoms with Gasteiger partial charge in [0.1, 0.15) is 17.2 Å². The van der Waals surface area contributed by atoms with E-state index in [1.54, 1.807) is 19.9 Å². The third-order valence-electron chi connectivity index (χ3n) is 4.29. The number of aryl methyl sites for hydroxylation is 2. The lowest BCUT2D eigenvalue weighted by Gasteiger charge is -2.30. The summed E-state index contributed by atoms with van der Waals surface area (Å²) in [6, 6.07) is 9.17. The van der Waals surface area contributed by atoms with Gasteiger partial charge in [-0.15, -0.1) is 0 Å². The Morgan fingerprint density at radius 2 is 1.47 bits per heavy atom. The van der Waals surface area contributed by atoms with Crippen LogP contribution in [-0.2, 0) is 9.53 Å². The first-order valence-electron chi connectivity index (χ1n) is 9.80. The van der Waals surface area contributed by atoms with E-state index in [2.05, 4.69) is 0 Å². The molecule has 30 heavy (non-hydrogen) atoms. The van der Waals surface area contributed by atoms with Gasteiger partial charge in [0.2, 0.25) is 0 Å². The maximum atomic E-state index is 13.0. The molecule has 0 fully saturated rings. The number of halogens is 1. The zero-order valence-corrected chi connectivity index (χ0v) is 18.6. The molecule has 0 unspecified atom stereocenters. The number of rotatable bonds is 6. The molecule has 0 bridgehead atoms. The summed E-state index contributed by atoms with van der Waals surface area (Å²) in [4.78, 5) is 24.7. The van der Waals surface area contributed by atoms with Crippen LogP contribution < -0.4 is 4.74 Å². The molecular weight excluding hydrogens is 383 g/mol. The number of ketones is 1. The number of hydrogen-bond acceptors (Lipinski definition) is 4. The van der Waals surface area contributed by atoms with Gasteiger partial charge >= 0.3 is 5.97 Å². The molecule has 0 amide bonds. The first kappa shape index (κ1) is 23.3. The van der Waals surface area contributed by atoms with Gasteiger partial charge in [0.05, 0.1) is 0 Å². The van der Waals surface area contributed by atoms with Crippen molar-refractivity contribution in [3.63, 3.8) is 0 Å². The van der Waals surface area contributed by atoms with E-state index in [0.29, 0.717) is 11.3 Å². The van der Waals surface area contributed by atoms with E-state index in [1.165, 1.54) is 30.3 Å². The van der Waals surface area contributed by atoms with Crippen LogP contribution in [0.3, 0.4) is 0 Å².